The predicted octanol–water partition coefficient (Wildman–Crippen LogP) is 3.61. The minimum absolute atomic E-state index is 0.392. The molecule has 1 atom stereocenters. The molecule has 4 rings (SSSR count). The average molecular weight is 359 g/mol. The maximum Gasteiger partial charge on any atom is 0.188 e. The zero-order valence-corrected chi connectivity index (χ0v) is 15.7. The molecule has 4 heterocycles. The Labute approximate surface area is 152 Å². The second-order valence-corrected chi connectivity index (χ2v) is 8.10. The van der Waals surface area contributed by atoms with Gasteiger partial charge in [-0.1, -0.05) is 0 Å². The van der Waals surface area contributed by atoms with E-state index in [0.717, 1.165) is 55.1 Å². The Hall–Kier alpha value is -1.57. The fraction of sp³-hybridized carbons (Fsp3) is 0.611. The zero-order valence-electron chi connectivity index (χ0n) is 14.9. The van der Waals surface area contributed by atoms with Crippen LogP contribution in [0.4, 0.5) is 10.9 Å². The van der Waals surface area contributed by atoms with Crippen LogP contribution in [-0.4, -0.2) is 45.7 Å². The van der Waals surface area contributed by atoms with Gasteiger partial charge >= 0.3 is 0 Å². The molecule has 0 unspecified atom stereocenters. The van der Waals surface area contributed by atoms with Gasteiger partial charge in [-0.05, 0) is 46.1 Å². The summed E-state index contributed by atoms with van der Waals surface area (Å²) in [7, 11) is 0. The lowest BCUT2D eigenvalue weighted by Gasteiger charge is -2.35. The Bertz CT molecular complexity index is 728. The predicted molar refractivity (Wildman–Crippen MR) is 99.4 cm³/mol. The molecule has 2 fully saturated rings. The SMILES string of the molecule is Cc1nc(Nc2ncc(C)s2)cc([C@H]2CCCN2C2CCOCC2)n1. The molecule has 2 aromatic rings. The average Bonchev–Trinajstić information content (AvgIpc) is 3.24. The summed E-state index contributed by atoms with van der Waals surface area (Å²) in [6, 6.07) is 3.12. The molecule has 25 heavy (non-hydrogen) atoms. The third-order valence-electron chi connectivity index (χ3n) is 5.01. The molecule has 0 aromatic carbocycles. The second kappa shape index (κ2) is 7.35. The van der Waals surface area contributed by atoms with Gasteiger partial charge in [-0.3, -0.25) is 4.90 Å². The standard InChI is InChI=1S/C18H25N5OS/c1-12-11-19-18(25-12)22-17-10-15(20-13(2)21-17)16-4-3-7-23(16)14-5-8-24-9-6-14/h10-11,14,16H,3-9H2,1-2H3,(H,19,20,21,22)/t16-/m1/s1. The molecule has 2 saturated heterocycles. The van der Waals surface area contributed by atoms with Crippen LogP contribution in [-0.2, 0) is 4.74 Å². The summed E-state index contributed by atoms with van der Waals surface area (Å²) in [6.45, 7) is 6.95. The largest absolute Gasteiger partial charge is 0.381 e. The lowest BCUT2D eigenvalue weighted by atomic mass is 10.0. The molecule has 0 saturated carbocycles. The summed E-state index contributed by atoms with van der Waals surface area (Å²) in [6.07, 6.45) is 6.54. The van der Waals surface area contributed by atoms with Crippen molar-refractivity contribution in [2.45, 2.75) is 51.6 Å². The van der Waals surface area contributed by atoms with Crippen molar-refractivity contribution in [3.05, 3.63) is 28.7 Å². The summed E-state index contributed by atoms with van der Waals surface area (Å²) in [5.41, 5.74) is 1.13. The van der Waals surface area contributed by atoms with Gasteiger partial charge in [0.1, 0.15) is 11.6 Å². The number of nitrogens with zero attached hydrogens (tertiary/aromatic N) is 4. The number of rotatable bonds is 4. The van der Waals surface area contributed by atoms with E-state index in [1.807, 2.05) is 13.1 Å². The first-order valence-corrected chi connectivity index (χ1v) is 9.89. The van der Waals surface area contributed by atoms with Crippen LogP contribution in [0.25, 0.3) is 0 Å². The number of nitrogens with one attached hydrogen (secondary N) is 1. The van der Waals surface area contributed by atoms with Crippen LogP contribution < -0.4 is 5.32 Å². The van der Waals surface area contributed by atoms with Crippen LogP contribution in [0, 0.1) is 13.8 Å². The summed E-state index contributed by atoms with van der Waals surface area (Å²) in [4.78, 5) is 17.5. The summed E-state index contributed by atoms with van der Waals surface area (Å²) < 4.78 is 5.54. The van der Waals surface area contributed by atoms with Crippen LogP contribution in [0.5, 0.6) is 0 Å². The second-order valence-electron chi connectivity index (χ2n) is 6.87. The van der Waals surface area contributed by atoms with Gasteiger partial charge in [0.2, 0.25) is 0 Å². The molecule has 7 heteroatoms. The minimum atomic E-state index is 0.392. The number of hydrogen-bond acceptors (Lipinski definition) is 7. The van der Waals surface area contributed by atoms with E-state index in [9.17, 15) is 0 Å². The Morgan fingerprint density at radius 2 is 2.04 bits per heavy atom. The Kier molecular flexibility index (Phi) is 4.96. The molecule has 0 bridgehead atoms. The highest BCUT2D eigenvalue weighted by atomic mass is 32.1. The highest BCUT2D eigenvalue weighted by Crippen LogP contribution is 2.36. The first-order valence-electron chi connectivity index (χ1n) is 9.07. The Morgan fingerprint density at radius 1 is 1.20 bits per heavy atom. The quantitative estimate of drug-likeness (QED) is 0.900. The summed E-state index contributed by atoms with van der Waals surface area (Å²) in [5.74, 6) is 1.66. The van der Waals surface area contributed by atoms with Crippen LogP contribution in [0.3, 0.4) is 0 Å². The molecule has 134 valence electrons. The van der Waals surface area contributed by atoms with Crippen LogP contribution >= 0.6 is 11.3 Å². The number of aromatic nitrogens is 3. The van der Waals surface area contributed by atoms with Gasteiger partial charge in [0.25, 0.3) is 0 Å². The van der Waals surface area contributed by atoms with Gasteiger partial charge < -0.3 is 10.1 Å². The fourth-order valence-electron chi connectivity index (χ4n) is 3.91. The van der Waals surface area contributed by atoms with E-state index in [0.29, 0.717) is 12.1 Å². The molecule has 2 aromatic heterocycles. The molecule has 0 amide bonds. The van der Waals surface area contributed by atoms with Crippen LogP contribution in [0.15, 0.2) is 12.3 Å². The van der Waals surface area contributed by atoms with Gasteiger partial charge in [0, 0.05) is 36.4 Å². The molecule has 1 N–H and O–H groups in total. The molecular formula is C18H25N5OS. The van der Waals surface area contributed by atoms with Crippen molar-refractivity contribution < 1.29 is 4.74 Å². The molecule has 0 radical (unpaired) electrons. The molecule has 2 aliphatic heterocycles. The molecule has 6 nitrogen and oxygen atoms in total. The monoisotopic (exact) mass is 359 g/mol. The number of thiazole rings is 1. The minimum Gasteiger partial charge on any atom is -0.381 e. The van der Waals surface area contributed by atoms with Crippen molar-refractivity contribution in [1.29, 1.82) is 0 Å². The normalized spacial score (nSPS) is 22.4. The number of anilines is 2. The van der Waals surface area contributed by atoms with E-state index in [2.05, 4.69) is 33.2 Å². The Balaban J connectivity index is 1.56. The molecule has 0 aliphatic carbocycles. The lowest BCUT2D eigenvalue weighted by Crippen LogP contribution is -2.39. The van der Waals surface area contributed by atoms with E-state index in [4.69, 9.17) is 9.72 Å². The number of hydrogen-bond donors (Lipinski definition) is 1. The maximum absolute atomic E-state index is 5.54. The van der Waals surface area contributed by atoms with Crippen molar-refractivity contribution in [3.63, 3.8) is 0 Å². The van der Waals surface area contributed by atoms with E-state index < -0.39 is 0 Å². The molecule has 0 spiro atoms. The van der Waals surface area contributed by atoms with E-state index in [1.54, 1.807) is 11.3 Å². The smallest absolute Gasteiger partial charge is 0.188 e. The highest BCUT2D eigenvalue weighted by molar-refractivity contribution is 7.15. The maximum atomic E-state index is 5.54. The summed E-state index contributed by atoms with van der Waals surface area (Å²) in [5, 5.41) is 4.23. The van der Waals surface area contributed by atoms with Crippen molar-refractivity contribution >= 4 is 22.3 Å². The van der Waals surface area contributed by atoms with E-state index in [1.165, 1.54) is 17.7 Å². The third kappa shape index (κ3) is 3.83. The van der Waals surface area contributed by atoms with Crippen molar-refractivity contribution in [2.75, 3.05) is 25.1 Å². The van der Waals surface area contributed by atoms with E-state index in [-0.39, 0.29) is 0 Å². The fourth-order valence-corrected chi connectivity index (χ4v) is 4.58. The van der Waals surface area contributed by atoms with Crippen molar-refractivity contribution in [3.8, 4) is 0 Å². The van der Waals surface area contributed by atoms with Crippen LogP contribution in [0.2, 0.25) is 0 Å². The third-order valence-corrected chi connectivity index (χ3v) is 5.84. The number of ether oxygens (including phenoxy) is 1. The molecular weight excluding hydrogens is 334 g/mol. The van der Waals surface area contributed by atoms with E-state index >= 15 is 0 Å². The zero-order chi connectivity index (χ0) is 17.2. The number of likely N-dealkylation sites (tertiary alicyclic amines) is 1. The van der Waals surface area contributed by atoms with Gasteiger partial charge in [-0.2, -0.15) is 0 Å². The van der Waals surface area contributed by atoms with Gasteiger partial charge in [0.05, 0.1) is 11.7 Å². The lowest BCUT2D eigenvalue weighted by molar-refractivity contribution is 0.0285. The van der Waals surface area contributed by atoms with Gasteiger partial charge in [-0.15, -0.1) is 11.3 Å². The van der Waals surface area contributed by atoms with Gasteiger partial charge in [-0.25, -0.2) is 15.0 Å². The Morgan fingerprint density at radius 3 is 2.80 bits per heavy atom. The van der Waals surface area contributed by atoms with Crippen molar-refractivity contribution in [2.24, 2.45) is 0 Å². The summed E-state index contributed by atoms with van der Waals surface area (Å²) >= 11 is 1.64. The first kappa shape index (κ1) is 16.9. The van der Waals surface area contributed by atoms with Crippen LogP contribution in [0.1, 0.15) is 48.1 Å². The molecule has 2 aliphatic rings. The number of aryl methyl sites for hydroxylation is 2. The highest BCUT2D eigenvalue weighted by Gasteiger charge is 2.33. The first-order chi connectivity index (χ1) is 12.2. The topological polar surface area (TPSA) is 63.2 Å². The van der Waals surface area contributed by atoms with Crippen molar-refractivity contribution in [1.82, 2.24) is 19.9 Å². The van der Waals surface area contributed by atoms with Gasteiger partial charge in [0.15, 0.2) is 5.13 Å².